The number of halogens is 4. The van der Waals surface area contributed by atoms with Gasteiger partial charge in [-0.2, -0.15) is 13.2 Å². The van der Waals surface area contributed by atoms with Crippen LogP contribution in [0.4, 0.5) is 19.0 Å². The Morgan fingerprint density at radius 3 is 2.62 bits per heavy atom. The summed E-state index contributed by atoms with van der Waals surface area (Å²) in [5.74, 6) is 0.654. The van der Waals surface area contributed by atoms with Gasteiger partial charge in [0.2, 0.25) is 0 Å². The largest absolute Gasteiger partial charge is 0.401 e. The highest BCUT2D eigenvalue weighted by Gasteiger charge is 2.34. The monoisotopic (exact) mass is 322 g/mol. The molecular formula is C13H18ClF3N4. The number of nitrogens with one attached hydrogen (secondary N) is 1. The second kappa shape index (κ2) is 6.36. The fraction of sp³-hybridized carbons (Fsp3) is 0.692. The van der Waals surface area contributed by atoms with Gasteiger partial charge >= 0.3 is 6.18 Å². The van der Waals surface area contributed by atoms with Gasteiger partial charge in [-0.05, 0) is 32.7 Å². The first-order chi connectivity index (χ1) is 9.74. The van der Waals surface area contributed by atoms with Crippen LogP contribution in [0.3, 0.4) is 0 Å². The minimum absolute atomic E-state index is 0.159. The molecule has 1 atom stereocenters. The van der Waals surface area contributed by atoms with Crippen LogP contribution in [0.25, 0.3) is 0 Å². The minimum atomic E-state index is -4.13. The van der Waals surface area contributed by atoms with E-state index in [0.717, 1.165) is 17.8 Å². The van der Waals surface area contributed by atoms with Crippen LogP contribution in [-0.4, -0.2) is 47.2 Å². The molecule has 2 rings (SSSR count). The highest BCUT2D eigenvalue weighted by molar-refractivity contribution is 6.31. The highest BCUT2D eigenvalue weighted by Crippen LogP contribution is 2.24. The molecular weight excluding hydrogens is 305 g/mol. The fourth-order valence-electron chi connectivity index (χ4n) is 2.41. The van der Waals surface area contributed by atoms with Crippen molar-refractivity contribution < 1.29 is 13.2 Å². The lowest BCUT2D eigenvalue weighted by Gasteiger charge is -2.18. The SMILES string of the molecule is Cc1nc(Cl)c(NCC2CCN(CC(F)(F)F)C2)nc1C. The molecule has 21 heavy (non-hydrogen) atoms. The number of aromatic nitrogens is 2. The van der Waals surface area contributed by atoms with E-state index in [4.69, 9.17) is 11.6 Å². The van der Waals surface area contributed by atoms with Gasteiger partial charge in [0.1, 0.15) is 0 Å². The Balaban J connectivity index is 1.86. The molecule has 0 radical (unpaired) electrons. The number of anilines is 1. The van der Waals surface area contributed by atoms with Crippen molar-refractivity contribution in [3.8, 4) is 0 Å². The highest BCUT2D eigenvalue weighted by atomic mass is 35.5. The lowest BCUT2D eigenvalue weighted by atomic mass is 10.1. The average Bonchev–Trinajstić information content (AvgIpc) is 2.77. The van der Waals surface area contributed by atoms with Crippen LogP contribution in [0.15, 0.2) is 0 Å². The summed E-state index contributed by atoms with van der Waals surface area (Å²) in [5.41, 5.74) is 1.55. The normalized spacial score (nSPS) is 20.0. The van der Waals surface area contributed by atoms with Crippen LogP contribution >= 0.6 is 11.6 Å². The summed E-state index contributed by atoms with van der Waals surface area (Å²) in [4.78, 5) is 9.91. The Morgan fingerprint density at radius 2 is 1.95 bits per heavy atom. The van der Waals surface area contributed by atoms with Crippen LogP contribution in [0.1, 0.15) is 17.8 Å². The fourth-order valence-corrected chi connectivity index (χ4v) is 2.64. The van der Waals surface area contributed by atoms with Gasteiger partial charge in [-0.25, -0.2) is 9.97 Å². The molecule has 2 heterocycles. The molecule has 1 saturated heterocycles. The molecule has 118 valence electrons. The summed E-state index contributed by atoms with van der Waals surface area (Å²) in [5, 5.41) is 3.39. The van der Waals surface area contributed by atoms with Gasteiger partial charge in [0.25, 0.3) is 0 Å². The minimum Gasteiger partial charge on any atom is -0.367 e. The van der Waals surface area contributed by atoms with E-state index in [1.54, 1.807) is 0 Å². The van der Waals surface area contributed by atoms with Crippen LogP contribution < -0.4 is 5.32 Å². The van der Waals surface area contributed by atoms with E-state index in [0.29, 0.717) is 30.6 Å². The van der Waals surface area contributed by atoms with Crippen molar-refractivity contribution in [2.45, 2.75) is 26.4 Å². The number of likely N-dealkylation sites (tertiary alicyclic amines) is 1. The molecule has 1 aliphatic rings. The van der Waals surface area contributed by atoms with Gasteiger partial charge in [0.15, 0.2) is 11.0 Å². The predicted octanol–water partition coefficient (Wildman–Crippen LogP) is 3.04. The first kappa shape index (κ1) is 16.3. The summed E-state index contributed by atoms with van der Waals surface area (Å²) in [6, 6.07) is 0. The summed E-state index contributed by atoms with van der Waals surface area (Å²) >= 11 is 6.01. The lowest BCUT2D eigenvalue weighted by molar-refractivity contribution is -0.143. The van der Waals surface area contributed by atoms with Crippen molar-refractivity contribution in [1.82, 2.24) is 14.9 Å². The molecule has 1 aromatic heterocycles. The van der Waals surface area contributed by atoms with Crippen LogP contribution in [0, 0.1) is 19.8 Å². The Hall–Kier alpha value is -1.08. The molecule has 8 heteroatoms. The van der Waals surface area contributed by atoms with Crippen LogP contribution in [0.5, 0.6) is 0 Å². The van der Waals surface area contributed by atoms with Crippen LogP contribution in [-0.2, 0) is 0 Å². The maximum atomic E-state index is 12.3. The smallest absolute Gasteiger partial charge is 0.367 e. The summed E-state index contributed by atoms with van der Waals surface area (Å²) < 4.78 is 37.0. The zero-order valence-corrected chi connectivity index (χ0v) is 12.7. The molecule has 1 aliphatic heterocycles. The summed E-state index contributed by atoms with van der Waals surface area (Å²) in [6.07, 6.45) is -3.40. The average molecular weight is 323 g/mol. The number of rotatable bonds is 4. The Kier molecular flexibility index (Phi) is 4.93. The molecule has 0 bridgehead atoms. The lowest BCUT2D eigenvalue weighted by Crippen LogP contribution is -2.33. The van der Waals surface area contributed by atoms with Crippen molar-refractivity contribution in [2.75, 3.05) is 31.5 Å². The molecule has 0 aromatic carbocycles. The Morgan fingerprint density at radius 1 is 1.29 bits per heavy atom. The molecule has 0 amide bonds. The predicted molar refractivity (Wildman–Crippen MR) is 75.6 cm³/mol. The molecule has 0 spiro atoms. The van der Waals surface area contributed by atoms with Crippen LogP contribution in [0.2, 0.25) is 5.15 Å². The van der Waals surface area contributed by atoms with E-state index >= 15 is 0 Å². The molecule has 1 N–H and O–H groups in total. The Bertz CT molecular complexity index is 507. The molecule has 1 unspecified atom stereocenters. The van der Waals surface area contributed by atoms with Crippen molar-refractivity contribution >= 4 is 17.4 Å². The number of hydrogen-bond donors (Lipinski definition) is 1. The van der Waals surface area contributed by atoms with Gasteiger partial charge in [-0.15, -0.1) is 0 Å². The third-order valence-corrected chi connectivity index (χ3v) is 3.86. The van der Waals surface area contributed by atoms with Gasteiger partial charge in [0.05, 0.1) is 17.9 Å². The molecule has 0 aliphatic carbocycles. The maximum Gasteiger partial charge on any atom is 0.401 e. The van der Waals surface area contributed by atoms with Crippen molar-refractivity contribution in [2.24, 2.45) is 5.92 Å². The van der Waals surface area contributed by atoms with Crippen molar-refractivity contribution in [3.05, 3.63) is 16.5 Å². The molecule has 0 saturated carbocycles. The number of aryl methyl sites for hydroxylation is 2. The van der Waals surface area contributed by atoms with Gasteiger partial charge in [0, 0.05) is 13.1 Å². The maximum absolute atomic E-state index is 12.3. The zero-order chi connectivity index (χ0) is 15.6. The van der Waals surface area contributed by atoms with Crippen molar-refractivity contribution in [1.29, 1.82) is 0 Å². The third kappa shape index (κ3) is 4.71. The second-order valence-electron chi connectivity index (χ2n) is 5.42. The van der Waals surface area contributed by atoms with E-state index in [-0.39, 0.29) is 5.92 Å². The second-order valence-corrected chi connectivity index (χ2v) is 5.78. The number of nitrogens with zero attached hydrogens (tertiary/aromatic N) is 3. The van der Waals surface area contributed by atoms with E-state index in [1.165, 1.54) is 4.90 Å². The third-order valence-electron chi connectivity index (χ3n) is 3.60. The molecule has 1 aromatic rings. The van der Waals surface area contributed by atoms with E-state index in [9.17, 15) is 13.2 Å². The van der Waals surface area contributed by atoms with E-state index in [2.05, 4.69) is 15.3 Å². The number of hydrogen-bond acceptors (Lipinski definition) is 4. The van der Waals surface area contributed by atoms with Gasteiger partial charge in [-0.3, -0.25) is 4.90 Å². The summed E-state index contributed by atoms with van der Waals surface area (Å²) in [7, 11) is 0. The zero-order valence-electron chi connectivity index (χ0n) is 12.0. The van der Waals surface area contributed by atoms with Gasteiger partial charge < -0.3 is 5.32 Å². The summed E-state index contributed by atoms with van der Waals surface area (Å²) in [6.45, 7) is 4.27. The first-order valence-corrected chi connectivity index (χ1v) is 7.16. The van der Waals surface area contributed by atoms with E-state index in [1.807, 2.05) is 13.8 Å². The Labute approximate surface area is 126 Å². The van der Waals surface area contributed by atoms with E-state index < -0.39 is 12.7 Å². The number of alkyl halides is 3. The van der Waals surface area contributed by atoms with Gasteiger partial charge in [-0.1, -0.05) is 11.6 Å². The quantitative estimate of drug-likeness (QED) is 0.925. The molecule has 4 nitrogen and oxygen atoms in total. The first-order valence-electron chi connectivity index (χ1n) is 6.78. The molecule has 1 fully saturated rings. The standard InChI is InChI=1S/C13H18ClF3N4/c1-8-9(2)20-12(11(14)19-8)18-5-10-3-4-21(6-10)7-13(15,16)17/h10H,3-7H2,1-2H3,(H,18,20). The topological polar surface area (TPSA) is 41.1 Å². The van der Waals surface area contributed by atoms with Crippen molar-refractivity contribution in [3.63, 3.8) is 0 Å².